The lowest BCUT2D eigenvalue weighted by Crippen LogP contribution is -2.44. The first-order chi connectivity index (χ1) is 12.7. The van der Waals surface area contributed by atoms with Crippen molar-refractivity contribution in [2.24, 2.45) is 5.92 Å². The summed E-state index contributed by atoms with van der Waals surface area (Å²) < 4.78 is 1.24. The van der Waals surface area contributed by atoms with E-state index in [2.05, 4.69) is 31.6 Å². The smallest absolute Gasteiger partial charge is 0.225 e. The Morgan fingerprint density at radius 2 is 2.27 bits per heavy atom. The number of aromatic nitrogens is 2. The number of rotatable bonds is 4. The summed E-state index contributed by atoms with van der Waals surface area (Å²) in [5, 5.41) is 6.43. The molecule has 1 N–H and O–H groups in total. The lowest BCUT2D eigenvalue weighted by molar-refractivity contribution is -0.125. The summed E-state index contributed by atoms with van der Waals surface area (Å²) in [4.78, 5) is 23.8. The van der Waals surface area contributed by atoms with Crippen molar-refractivity contribution in [2.75, 3.05) is 18.0 Å². The first kappa shape index (κ1) is 17.0. The monoisotopic (exact) mass is 366 g/mol. The first-order valence-corrected chi connectivity index (χ1v) is 9.88. The Morgan fingerprint density at radius 1 is 1.35 bits per heavy atom. The molecule has 0 unspecified atom stereocenters. The minimum atomic E-state index is -0.0370. The molecule has 1 saturated heterocycles. The highest BCUT2D eigenvalue weighted by atomic mass is 32.1. The van der Waals surface area contributed by atoms with Gasteiger partial charge in [0, 0.05) is 41.8 Å². The molecule has 0 aliphatic carbocycles. The van der Waals surface area contributed by atoms with Crippen LogP contribution in [-0.4, -0.2) is 29.0 Å². The molecule has 1 fully saturated rings. The maximum atomic E-state index is 12.8. The molecule has 2 atom stereocenters. The first-order valence-electron chi connectivity index (χ1n) is 9.00. The van der Waals surface area contributed by atoms with Crippen molar-refractivity contribution in [3.05, 3.63) is 53.8 Å². The van der Waals surface area contributed by atoms with Crippen LogP contribution in [0.3, 0.4) is 0 Å². The van der Waals surface area contributed by atoms with Crippen LogP contribution in [0.5, 0.6) is 0 Å². The van der Waals surface area contributed by atoms with E-state index in [0.29, 0.717) is 6.54 Å². The number of amides is 1. The van der Waals surface area contributed by atoms with Crippen LogP contribution in [0.1, 0.15) is 31.4 Å². The van der Waals surface area contributed by atoms with Gasteiger partial charge in [-0.1, -0.05) is 6.07 Å². The number of carbonyl (C=O) groups is 1. The second-order valence-electron chi connectivity index (χ2n) is 6.77. The van der Waals surface area contributed by atoms with Crippen molar-refractivity contribution in [1.82, 2.24) is 15.3 Å². The zero-order chi connectivity index (χ0) is 17.9. The Kier molecular flexibility index (Phi) is 4.84. The van der Waals surface area contributed by atoms with E-state index in [9.17, 15) is 4.79 Å². The molecule has 3 aromatic rings. The third-order valence-electron chi connectivity index (χ3n) is 4.99. The minimum Gasteiger partial charge on any atom is -0.355 e. The lowest BCUT2D eigenvalue weighted by Gasteiger charge is -2.33. The average molecular weight is 366 g/mol. The molecular weight excluding hydrogens is 344 g/mol. The highest BCUT2D eigenvalue weighted by Crippen LogP contribution is 2.31. The standard InChI is InChI=1S/C20H22N4OS/c1-14(15-4-2-8-21-12-15)23-20(25)16-5-3-10-24(13-16)19-17-7-11-26-18(17)6-9-22-19/h2,4,6-9,11-12,14,16H,3,5,10,13H2,1H3,(H,23,25)/t14-,16+/m1/s1. The van der Waals surface area contributed by atoms with Gasteiger partial charge in [-0.2, -0.15) is 0 Å². The Morgan fingerprint density at radius 3 is 3.12 bits per heavy atom. The average Bonchev–Trinajstić information content (AvgIpc) is 3.17. The van der Waals surface area contributed by atoms with Gasteiger partial charge in [0.2, 0.25) is 5.91 Å². The van der Waals surface area contributed by atoms with Gasteiger partial charge in [0.05, 0.1) is 12.0 Å². The van der Waals surface area contributed by atoms with Crippen molar-refractivity contribution in [1.29, 1.82) is 0 Å². The van der Waals surface area contributed by atoms with Gasteiger partial charge in [-0.05, 0) is 48.9 Å². The zero-order valence-electron chi connectivity index (χ0n) is 14.8. The van der Waals surface area contributed by atoms with E-state index in [0.717, 1.165) is 30.8 Å². The van der Waals surface area contributed by atoms with Crippen molar-refractivity contribution in [3.63, 3.8) is 0 Å². The Labute approximate surface area is 157 Å². The molecule has 134 valence electrons. The fraction of sp³-hybridized carbons (Fsp3) is 0.350. The number of hydrogen-bond acceptors (Lipinski definition) is 5. The molecule has 5 nitrogen and oxygen atoms in total. The maximum Gasteiger partial charge on any atom is 0.225 e. The van der Waals surface area contributed by atoms with Crippen molar-refractivity contribution >= 4 is 33.1 Å². The summed E-state index contributed by atoms with van der Waals surface area (Å²) in [5.41, 5.74) is 1.03. The van der Waals surface area contributed by atoms with Gasteiger partial charge in [0.1, 0.15) is 5.82 Å². The van der Waals surface area contributed by atoms with E-state index in [1.165, 1.54) is 10.1 Å². The summed E-state index contributed by atoms with van der Waals surface area (Å²) >= 11 is 1.73. The third kappa shape index (κ3) is 3.42. The number of piperidine rings is 1. The number of hydrogen-bond donors (Lipinski definition) is 1. The Balaban J connectivity index is 1.46. The molecule has 1 aliphatic rings. The minimum absolute atomic E-state index is 0.0152. The SMILES string of the molecule is C[C@@H](NC(=O)[C@H]1CCCN(c2nccc3sccc23)C1)c1cccnc1. The molecular formula is C20H22N4OS. The number of fused-ring (bicyclic) bond motifs is 1. The highest BCUT2D eigenvalue weighted by Gasteiger charge is 2.28. The number of nitrogens with one attached hydrogen (secondary N) is 1. The number of carbonyl (C=O) groups excluding carboxylic acids is 1. The lowest BCUT2D eigenvalue weighted by atomic mass is 9.96. The topological polar surface area (TPSA) is 58.1 Å². The van der Waals surface area contributed by atoms with E-state index >= 15 is 0 Å². The van der Waals surface area contributed by atoms with Gasteiger partial charge in [-0.15, -0.1) is 11.3 Å². The molecule has 0 aromatic carbocycles. The van der Waals surface area contributed by atoms with E-state index in [4.69, 9.17) is 0 Å². The van der Waals surface area contributed by atoms with Crippen molar-refractivity contribution < 1.29 is 4.79 Å². The van der Waals surface area contributed by atoms with Crippen molar-refractivity contribution in [2.45, 2.75) is 25.8 Å². The Hall–Kier alpha value is -2.47. The van der Waals surface area contributed by atoms with E-state index in [1.807, 2.05) is 31.3 Å². The normalized spacial score (nSPS) is 18.7. The molecule has 4 heterocycles. The maximum absolute atomic E-state index is 12.8. The van der Waals surface area contributed by atoms with Crippen LogP contribution in [0.2, 0.25) is 0 Å². The molecule has 4 rings (SSSR count). The number of anilines is 1. The molecule has 1 amide bonds. The fourth-order valence-electron chi connectivity index (χ4n) is 3.56. The molecule has 26 heavy (non-hydrogen) atoms. The zero-order valence-corrected chi connectivity index (χ0v) is 15.6. The highest BCUT2D eigenvalue weighted by molar-refractivity contribution is 7.17. The van der Waals surface area contributed by atoms with E-state index in [-0.39, 0.29) is 17.9 Å². The number of nitrogens with zero attached hydrogens (tertiary/aromatic N) is 3. The molecule has 0 bridgehead atoms. The summed E-state index contributed by atoms with van der Waals surface area (Å²) in [7, 11) is 0. The Bertz CT molecular complexity index is 895. The van der Waals surface area contributed by atoms with Crippen LogP contribution in [0, 0.1) is 5.92 Å². The molecule has 0 radical (unpaired) electrons. The van der Waals surface area contributed by atoms with Gasteiger partial charge in [0.15, 0.2) is 0 Å². The summed E-state index contributed by atoms with van der Waals surface area (Å²) in [6.07, 6.45) is 7.33. The van der Waals surface area contributed by atoms with Crippen molar-refractivity contribution in [3.8, 4) is 0 Å². The number of pyridine rings is 2. The summed E-state index contributed by atoms with van der Waals surface area (Å²) in [6.45, 7) is 3.67. The largest absolute Gasteiger partial charge is 0.355 e. The van der Waals surface area contributed by atoms with Gasteiger partial charge in [0.25, 0.3) is 0 Å². The van der Waals surface area contributed by atoms with Crippen LogP contribution in [0.4, 0.5) is 5.82 Å². The summed E-state index contributed by atoms with van der Waals surface area (Å²) in [5.74, 6) is 1.10. The quantitative estimate of drug-likeness (QED) is 0.763. The third-order valence-corrected chi connectivity index (χ3v) is 5.88. The van der Waals surface area contributed by atoms with Crippen LogP contribution in [0.15, 0.2) is 48.2 Å². The van der Waals surface area contributed by atoms with E-state index in [1.54, 1.807) is 23.7 Å². The summed E-state index contributed by atoms with van der Waals surface area (Å²) in [6, 6.07) is 8.02. The second kappa shape index (κ2) is 7.41. The van der Waals surface area contributed by atoms with Gasteiger partial charge in [-0.3, -0.25) is 9.78 Å². The van der Waals surface area contributed by atoms with Crippen LogP contribution in [0.25, 0.3) is 10.1 Å². The van der Waals surface area contributed by atoms with E-state index < -0.39 is 0 Å². The molecule has 1 aliphatic heterocycles. The molecule has 0 spiro atoms. The predicted octanol–water partition coefficient (Wildman–Crippen LogP) is 3.79. The molecule has 3 aromatic heterocycles. The van der Waals surface area contributed by atoms with Crippen LogP contribution in [-0.2, 0) is 4.79 Å². The van der Waals surface area contributed by atoms with Crippen LogP contribution < -0.4 is 10.2 Å². The second-order valence-corrected chi connectivity index (χ2v) is 7.72. The van der Waals surface area contributed by atoms with Gasteiger partial charge >= 0.3 is 0 Å². The fourth-order valence-corrected chi connectivity index (χ4v) is 4.34. The van der Waals surface area contributed by atoms with Gasteiger partial charge < -0.3 is 10.2 Å². The van der Waals surface area contributed by atoms with Gasteiger partial charge in [-0.25, -0.2) is 4.98 Å². The molecule has 0 saturated carbocycles. The number of thiophene rings is 1. The van der Waals surface area contributed by atoms with Crippen LogP contribution >= 0.6 is 11.3 Å². The predicted molar refractivity (Wildman–Crippen MR) is 105 cm³/mol. The molecule has 6 heteroatoms.